The zero-order valence-electron chi connectivity index (χ0n) is 18.5. The van der Waals surface area contributed by atoms with Crippen molar-refractivity contribution < 1.29 is 0 Å². The van der Waals surface area contributed by atoms with Gasteiger partial charge in [0.15, 0.2) is 0 Å². The second-order valence-corrected chi connectivity index (χ2v) is 8.52. The van der Waals surface area contributed by atoms with Crippen molar-refractivity contribution in [3.8, 4) is 11.4 Å². The molecule has 0 unspecified atom stereocenters. The Kier molecular flexibility index (Phi) is 6.19. The summed E-state index contributed by atoms with van der Waals surface area (Å²) in [6.07, 6.45) is 0.943. The van der Waals surface area contributed by atoms with Crippen LogP contribution in [0.25, 0.3) is 22.4 Å². The van der Waals surface area contributed by atoms with Crippen LogP contribution in [-0.2, 0) is 13.1 Å². The molecular weight excluding hydrogens is 394 g/mol. The maximum absolute atomic E-state index is 5.81. The van der Waals surface area contributed by atoms with Crippen LogP contribution in [0.3, 0.4) is 0 Å². The maximum atomic E-state index is 5.81. The molecule has 0 spiro atoms. The van der Waals surface area contributed by atoms with Crippen LogP contribution >= 0.6 is 0 Å². The highest BCUT2D eigenvalue weighted by Crippen LogP contribution is 2.26. The number of aromatic nitrogens is 2. The van der Waals surface area contributed by atoms with Crippen molar-refractivity contribution in [1.29, 1.82) is 0 Å². The van der Waals surface area contributed by atoms with Gasteiger partial charge in [-0.2, -0.15) is 0 Å². The van der Waals surface area contributed by atoms with Crippen molar-refractivity contribution in [3.63, 3.8) is 0 Å². The van der Waals surface area contributed by atoms with Crippen LogP contribution in [0.15, 0.2) is 78.9 Å². The zero-order valence-corrected chi connectivity index (χ0v) is 18.5. The smallest absolute Gasteiger partial charge is 0.141 e. The van der Waals surface area contributed by atoms with Crippen molar-refractivity contribution in [2.75, 3.05) is 37.6 Å². The third-order valence-electron chi connectivity index (χ3n) is 6.33. The van der Waals surface area contributed by atoms with E-state index in [1.807, 2.05) is 0 Å². The van der Waals surface area contributed by atoms with Crippen LogP contribution in [-0.4, -0.2) is 47.2 Å². The van der Waals surface area contributed by atoms with Crippen LogP contribution in [0.5, 0.6) is 0 Å². The standard InChI is InChI=1S/C27H31N5/c28-14-7-15-32-26-13-5-4-12-25(26)29-27(32)23-9-6-8-22(20-23)21-30-16-18-31(19-17-30)24-10-2-1-3-11-24/h1-6,8-13,20H,7,14-19,21,28H2. The summed E-state index contributed by atoms with van der Waals surface area (Å²) >= 11 is 0. The first kappa shape index (κ1) is 20.7. The normalized spacial score (nSPS) is 14.8. The molecule has 2 N–H and O–H groups in total. The molecule has 0 amide bonds. The molecule has 0 aliphatic carbocycles. The Morgan fingerprint density at radius 3 is 2.41 bits per heavy atom. The fourth-order valence-electron chi connectivity index (χ4n) is 4.64. The first-order chi connectivity index (χ1) is 15.8. The molecule has 0 saturated carbocycles. The molecular formula is C27H31N5. The quantitative estimate of drug-likeness (QED) is 0.478. The molecule has 0 bridgehead atoms. The number of hydrogen-bond acceptors (Lipinski definition) is 4. The zero-order chi connectivity index (χ0) is 21.8. The molecule has 1 fully saturated rings. The van der Waals surface area contributed by atoms with Crippen LogP contribution in [0.4, 0.5) is 5.69 Å². The maximum Gasteiger partial charge on any atom is 0.141 e. The lowest BCUT2D eigenvalue weighted by atomic mass is 10.1. The second kappa shape index (κ2) is 9.55. The summed E-state index contributed by atoms with van der Waals surface area (Å²) < 4.78 is 2.32. The van der Waals surface area contributed by atoms with Gasteiger partial charge in [-0.1, -0.05) is 48.5 Å². The van der Waals surface area contributed by atoms with Gasteiger partial charge >= 0.3 is 0 Å². The fourth-order valence-corrected chi connectivity index (χ4v) is 4.64. The van der Waals surface area contributed by atoms with E-state index < -0.39 is 0 Å². The number of imidazole rings is 1. The molecule has 5 nitrogen and oxygen atoms in total. The minimum atomic E-state index is 0.681. The fraction of sp³-hybridized carbons (Fsp3) is 0.296. The number of rotatable bonds is 7. The molecule has 0 atom stereocenters. The van der Waals surface area contributed by atoms with Crippen LogP contribution in [0.1, 0.15) is 12.0 Å². The number of piperazine rings is 1. The molecule has 1 aliphatic rings. The van der Waals surface area contributed by atoms with E-state index in [1.165, 1.54) is 22.3 Å². The molecule has 1 saturated heterocycles. The Morgan fingerprint density at radius 2 is 1.59 bits per heavy atom. The van der Waals surface area contributed by atoms with Gasteiger partial charge in [0.2, 0.25) is 0 Å². The Balaban J connectivity index is 1.32. The molecule has 1 aliphatic heterocycles. The van der Waals surface area contributed by atoms with Gasteiger partial charge in [0.25, 0.3) is 0 Å². The van der Waals surface area contributed by atoms with Crippen molar-refractivity contribution in [3.05, 3.63) is 84.4 Å². The Hall–Kier alpha value is -3.15. The number of para-hydroxylation sites is 3. The number of fused-ring (bicyclic) bond motifs is 1. The van der Waals surface area contributed by atoms with Gasteiger partial charge in [0.1, 0.15) is 5.82 Å². The van der Waals surface area contributed by atoms with E-state index in [1.54, 1.807) is 0 Å². The van der Waals surface area contributed by atoms with Crippen molar-refractivity contribution in [1.82, 2.24) is 14.5 Å². The lowest BCUT2D eigenvalue weighted by Gasteiger charge is -2.36. The minimum absolute atomic E-state index is 0.681. The third-order valence-corrected chi connectivity index (χ3v) is 6.33. The molecule has 5 heteroatoms. The summed E-state index contributed by atoms with van der Waals surface area (Å²) in [5, 5.41) is 0. The van der Waals surface area contributed by atoms with Crippen molar-refractivity contribution >= 4 is 16.7 Å². The van der Waals surface area contributed by atoms with Crippen LogP contribution < -0.4 is 10.6 Å². The topological polar surface area (TPSA) is 50.3 Å². The molecule has 0 radical (unpaired) electrons. The first-order valence-electron chi connectivity index (χ1n) is 11.6. The number of nitrogens with two attached hydrogens (primary N) is 1. The Morgan fingerprint density at radius 1 is 0.812 bits per heavy atom. The number of anilines is 1. The summed E-state index contributed by atoms with van der Waals surface area (Å²) in [6.45, 7) is 6.83. The second-order valence-electron chi connectivity index (χ2n) is 8.52. The lowest BCUT2D eigenvalue weighted by Crippen LogP contribution is -2.45. The van der Waals surface area contributed by atoms with Crippen molar-refractivity contribution in [2.45, 2.75) is 19.5 Å². The van der Waals surface area contributed by atoms with Gasteiger partial charge in [-0.3, -0.25) is 4.90 Å². The van der Waals surface area contributed by atoms with Gasteiger partial charge in [0, 0.05) is 50.5 Å². The lowest BCUT2D eigenvalue weighted by molar-refractivity contribution is 0.250. The minimum Gasteiger partial charge on any atom is -0.369 e. The highest BCUT2D eigenvalue weighted by molar-refractivity contribution is 5.80. The molecule has 3 aromatic carbocycles. The van der Waals surface area contributed by atoms with E-state index in [0.717, 1.165) is 57.0 Å². The average molecular weight is 426 g/mol. The summed E-state index contributed by atoms with van der Waals surface area (Å²) in [5.41, 5.74) is 11.9. The Labute approximate surface area is 190 Å². The molecule has 4 aromatic rings. The van der Waals surface area contributed by atoms with E-state index in [9.17, 15) is 0 Å². The van der Waals surface area contributed by atoms with Crippen LogP contribution in [0.2, 0.25) is 0 Å². The van der Waals surface area contributed by atoms with Gasteiger partial charge < -0.3 is 15.2 Å². The van der Waals surface area contributed by atoms with Crippen LogP contribution in [0, 0.1) is 0 Å². The summed E-state index contributed by atoms with van der Waals surface area (Å²) in [4.78, 5) is 10.00. The molecule has 1 aromatic heterocycles. The predicted octanol–water partition coefficient (Wildman–Crippen LogP) is 4.37. The molecule has 164 valence electrons. The number of aryl methyl sites for hydroxylation is 1. The highest BCUT2D eigenvalue weighted by Gasteiger charge is 2.18. The van der Waals surface area contributed by atoms with E-state index in [-0.39, 0.29) is 0 Å². The number of benzene rings is 3. The van der Waals surface area contributed by atoms with Gasteiger partial charge in [-0.05, 0) is 48.9 Å². The van der Waals surface area contributed by atoms with Gasteiger partial charge in [-0.15, -0.1) is 0 Å². The van der Waals surface area contributed by atoms with Crippen molar-refractivity contribution in [2.24, 2.45) is 5.73 Å². The van der Waals surface area contributed by atoms with Gasteiger partial charge in [-0.25, -0.2) is 4.98 Å². The SMILES string of the molecule is NCCCn1c(-c2cccc(CN3CCN(c4ccccc4)CC3)c2)nc2ccccc21. The largest absolute Gasteiger partial charge is 0.369 e. The van der Waals surface area contributed by atoms with E-state index >= 15 is 0 Å². The highest BCUT2D eigenvalue weighted by atomic mass is 15.3. The monoisotopic (exact) mass is 425 g/mol. The van der Waals surface area contributed by atoms with Gasteiger partial charge in [0.05, 0.1) is 11.0 Å². The molecule has 2 heterocycles. The summed E-state index contributed by atoms with van der Waals surface area (Å²) in [5.74, 6) is 1.04. The van der Waals surface area contributed by atoms with E-state index in [2.05, 4.69) is 93.2 Å². The summed E-state index contributed by atoms with van der Waals surface area (Å²) in [6, 6.07) is 28.0. The summed E-state index contributed by atoms with van der Waals surface area (Å²) in [7, 11) is 0. The molecule has 32 heavy (non-hydrogen) atoms. The molecule has 5 rings (SSSR count). The van der Waals surface area contributed by atoms with E-state index in [4.69, 9.17) is 10.7 Å². The first-order valence-corrected chi connectivity index (χ1v) is 11.6. The number of nitrogens with zero attached hydrogens (tertiary/aromatic N) is 4. The average Bonchev–Trinajstić information content (AvgIpc) is 3.22. The third kappa shape index (κ3) is 4.40. The number of hydrogen-bond donors (Lipinski definition) is 1. The Bertz CT molecular complexity index is 1160. The van der Waals surface area contributed by atoms with E-state index in [0.29, 0.717) is 6.54 Å². The predicted molar refractivity (Wildman–Crippen MR) is 133 cm³/mol.